The average molecular weight is 1370 g/mol. The van der Waals surface area contributed by atoms with Crippen molar-refractivity contribution >= 4 is 126 Å². The molecule has 93 heavy (non-hydrogen) atoms. The fourth-order valence-corrected chi connectivity index (χ4v) is 9.57. The number of carbonyl (C=O) groups excluding carboxylic acids is 3. The number of hydrogen-bond acceptors (Lipinski definition) is 18. The van der Waals surface area contributed by atoms with Crippen LogP contribution in [-0.4, -0.2) is 146 Å². The van der Waals surface area contributed by atoms with Gasteiger partial charge in [-0.1, -0.05) is 46.9 Å². The highest BCUT2D eigenvalue weighted by atomic mass is 35.5. The van der Waals surface area contributed by atoms with Crippen molar-refractivity contribution in [2.75, 3.05) is 47.6 Å². The normalized spacial score (nSPS) is 12.5. The lowest BCUT2D eigenvalue weighted by molar-refractivity contribution is -0.138. The van der Waals surface area contributed by atoms with Crippen molar-refractivity contribution < 1.29 is 58.3 Å². The van der Waals surface area contributed by atoms with Crippen molar-refractivity contribution in [1.82, 2.24) is 75.8 Å². The van der Waals surface area contributed by atoms with Gasteiger partial charge < -0.3 is 46.9 Å². The fraction of sp³-hybridized carbons (Fsp3) is 0.250. The van der Waals surface area contributed by atoms with E-state index in [1.165, 1.54) is 48.8 Å². The maximum absolute atomic E-state index is 14.3. The first-order valence-electron chi connectivity index (χ1n) is 26.8. The maximum Gasteiger partial charge on any atom is 0.405 e. The number of halogens is 13. The van der Waals surface area contributed by atoms with Crippen molar-refractivity contribution in [2.24, 2.45) is 0 Å². The van der Waals surface area contributed by atoms with Gasteiger partial charge in [-0.25, -0.2) is 49.2 Å². The smallest absolute Gasteiger partial charge is 0.357 e. The Morgan fingerprint density at radius 2 is 1.03 bits per heavy atom. The molecule has 1 aromatic carbocycles. The Balaban J connectivity index is 0.000000180. The molecule has 9 heterocycles. The summed E-state index contributed by atoms with van der Waals surface area (Å²) in [6, 6.07) is 13.7. The summed E-state index contributed by atoms with van der Waals surface area (Å²) in [5, 5.41) is 35.0. The van der Waals surface area contributed by atoms with E-state index in [-0.39, 0.29) is 42.5 Å². The highest BCUT2D eigenvalue weighted by Gasteiger charge is 2.33. The number of aromatic amines is 3. The number of thioether (sulfide) groups is 1. The van der Waals surface area contributed by atoms with Gasteiger partial charge in [0.05, 0.1) is 45.3 Å². The van der Waals surface area contributed by atoms with E-state index in [1.54, 1.807) is 77.8 Å². The second-order valence-corrected chi connectivity index (χ2v) is 21.6. The molecular weight excluding hydrogens is 1330 g/mol. The molecular formula is C56H45Cl3F10N20O3S. The van der Waals surface area contributed by atoms with Gasteiger partial charge in [-0.3, -0.25) is 14.4 Å². The minimum Gasteiger partial charge on any atom is -0.357 e. The zero-order valence-electron chi connectivity index (χ0n) is 47.4. The third-order valence-corrected chi connectivity index (χ3v) is 14.0. The average Bonchev–Trinajstić information content (AvgIpc) is 1.79. The molecule has 0 aliphatic carbocycles. The molecule has 10 aromatic rings. The van der Waals surface area contributed by atoms with Crippen molar-refractivity contribution in [3.8, 4) is 46.3 Å². The number of fused-ring (bicyclic) bond motifs is 4. The number of H-pyrrole nitrogens is 3. The maximum atomic E-state index is 14.3. The Morgan fingerprint density at radius 3 is 1.54 bits per heavy atom. The topological polar surface area (TPSA) is 334 Å². The number of aromatic nitrogens is 12. The third-order valence-electron chi connectivity index (χ3n) is 12.7. The highest BCUT2D eigenvalue weighted by Crippen LogP contribution is 2.33. The van der Waals surface area contributed by atoms with Gasteiger partial charge in [-0.2, -0.15) is 61.8 Å². The molecule has 37 heteroatoms. The van der Waals surface area contributed by atoms with Crippen LogP contribution < -0.4 is 31.9 Å². The van der Waals surface area contributed by atoms with E-state index in [9.17, 15) is 58.3 Å². The summed E-state index contributed by atoms with van der Waals surface area (Å²) in [6.07, 6.45) is -0.993. The van der Waals surface area contributed by atoms with Crippen LogP contribution in [0.15, 0.2) is 98.1 Å². The molecule has 0 radical (unpaired) electrons. The monoisotopic (exact) mass is 1370 g/mol. The first kappa shape index (κ1) is 69.0. The SMILES string of the molecule is CSC[C@H](Nc1nc(-c2c[nH]c3ncc(Cl)cc23)nc2ccccc12)C(=O)NCC(F)(F)F.N#CCC[C@@H](Nc1nc(-c2c[nH]c3ncc(Cl)cc23)ncc1F)C(=O)NCC(F)(F)F.N#CC[C@H](Nc1ccnc(-c2c[nH]c3ncc(Cl)cc23)n1)C(=O)NCC(F)(F)F. The molecule has 3 atom stereocenters. The Bertz CT molecular complexity index is 4410. The van der Waals surface area contributed by atoms with Gasteiger partial charge in [-0.05, 0) is 49.1 Å². The molecule has 9 N–H and O–H groups in total. The number of rotatable bonds is 20. The van der Waals surface area contributed by atoms with Gasteiger partial charge in [0.1, 0.15) is 66.3 Å². The molecule has 9 aromatic heterocycles. The number of amides is 3. The van der Waals surface area contributed by atoms with Crippen LogP contribution in [0.2, 0.25) is 15.1 Å². The van der Waals surface area contributed by atoms with Crippen LogP contribution in [-0.2, 0) is 14.4 Å². The van der Waals surface area contributed by atoms with Crippen LogP contribution in [0, 0.1) is 28.5 Å². The van der Waals surface area contributed by atoms with Crippen LogP contribution in [0.5, 0.6) is 0 Å². The summed E-state index contributed by atoms with van der Waals surface area (Å²) in [6.45, 7) is -4.46. The van der Waals surface area contributed by atoms with Crippen molar-refractivity contribution in [3.05, 3.63) is 119 Å². The molecule has 23 nitrogen and oxygen atoms in total. The number of para-hydroxylation sites is 1. The first-order chi connectivity index (χ1) is 44.2. The summed E-state index contributed by atoms with van der Waals surface area (Å²) >= 11 is 19.4. The van der Waals surface area contributed by atoms with Gasteiger partial charge in [0.2, 0.25) is 17.7 Å². The lowest BCUT2D eigenvalue weighted by Crippen LogP contribution is -2.45. The first-order valence-corrected chi connectivity index (χ1v) is 29.3. The number of pyridine rings is 3. The minimum atomic E-state index is -4.62. The van der Waals surface area contributed by atoms with Gasteiger partial charge in [0.25, 0.3) is 0 Å². The number of alkyl halides is 9. The second kappa shape index (κ2) is 30.5. The molecule has 0 bridgehead atoms. The Labute approximate surface area is 536 Å². The molecule has 0 aliphatic heterocycles. The number of hydrogen-bond donors (Lipinski definition) is 9. The van der Waals surface area contributed by atoms with Crippen LogP contribution in [0.25, 0.3) is 78.2 Å². The van der Waals surface area contributed by atoms with E-state index < -0.39 is 85.6 Å². The van der Waals surface area contributed by atoms with Crippen LogP contribution >= 0.6 is 46.6 Å². The number of nitrogens with one attached hydrogen (secondary N) is 9. The van der Waals surface area contributed by atoms with E-state index in [2.05, 4.69) is 75.8 Å². The Kier molecular flexibility index (Phi) is 22.6. The third kappa shape index (κ3) is 19.1. The van der Waals surface area contributed by atoms with Gasteiger partial charge in [0.15, 0.2) is 29.1 Å². The van der Waals surface area contributed by atoms with Crippen molar-refractivity contribution in [1.29, 1.82) is 10.5 Å². The largest absolute Gasteiger partial charge is 0.405 e. The quantitative estimate of drug-likeness (QED) is 0.0320. The molecule has 0 fully saturated rings. The van der Waals surface area contributed by atoms with Crippen LogP contribution in [0.3, 0.4) is 0 Å². The summed E-state index contributed by atoms with van der Waals surface area (Å²) in [7, 11) is 0. The van der Waals surface area contributed by atoms with E-state index in [4.69, 9.17) is 45.3 Å². The van der Waals surface area contributed by atoms with Crippen molar-refractivity contribution in [2.45, 2.75) is 55.9 Å². The number of nitriles is 2. The van der Waals surface area contributed by atoms with E-state index >= 15 is 0 Å². The lowest BCUT2D eigenvalue weighted by atomic mass is 10.1. The van der Waals surface area contributed by atoms with E-state index in [0.29, 0.717) is 87.4 Å². The molecule has 484 valence electrons. The number of anilines is 3. The predicted octanol–water partition coefficient (Wildman–Crippen LogP) is 11.3. The molecule has 3 amide bonds. The van der Waals surface area contributed by atoms with E-state index in [1.807, 2.05) is 11.4 Å². The Hall–Kier alpha value is -9.90. The van der Waals surface area contributed by atoms with Gasteiger partial charge in [-0.15, -0.1) is 0 Å². The zero-order chi connectivity index (χ0) is 67.2. The van der Waals surface area contributed by atoms with Crippen LogP contribution in [0.1, 0.15) is 19.3 Å². The molecule has 10 rings (SSSR count). The molecule has 0 saturated heterocycles. The number of carbonyl (C=O) groups is 3. The highest BCUT2D eigenvalue weighted by molar-refractivity contribution is 7.98. The van der Waals surface area contributed by atoms with Gasteiger partial charge >= 0.3 is 18.5 Å². The minimum absolute atomic E-state index is 0.0638. The predicted molar refractivity (Wildman–Crippen MR) is 327 cm³/mol. The lowest BCUT2D eigenvalue weighted by Gasteiger charge is -2.20. The summed E-state index contributed by atoms with van der Waals surface area (Å²) in [5.74, 6) is -2.68. The molecule has 0 aliphatic rings. The second-order valence-electron chi connectivity index (χ2n) is 19.4. The number of benzene rings is 1. The number of nitrogens with zero attached hydrogens (tertiary/aromatic N) is 11. The molecule has 0 spiro atoms. The van der Waals surface area contributed by atoms with Crippen LogP contribution in [0.4, 0.5) is 61.4 Å². The zero-order valence-corrected chi connectivity index (χ0v) is 50.5. The molecule has 0 unspecified atom stereocenters. The van der Waals surface area contributed by atoms with Crippen molar-refractivity contribution in [3.63, 3.8) is 0 Å². The summed E-state index contributed by atoms with van der Waals surface area (Å²) in [5.41, 5.74) is 3.96. The fourth-order valence-electron chi connectivity index (χ4n) is 8.53. The van der Waals surface area contributed by atoms with E-state index in [0.717, 1.165) is 6.20 Å². The van der Waals surface area contributed by atoms with Gasteiger partial charge in [0, 0.05) is 93.8 Å². The Morgan fingerprint density at radius 1 is 0.559 bits per heavy atom. The standard InChI is InChI=1S/C21H18ClF3N6OS.C18H14ClF4N7O.C17H13ClF3N7O/c1-33-9-16(20(32)28-10-21(23,24)25)30-18-12-4-2-3-5-15(12)29-19(31-18)14-8-27-17-13(14)6-11(22)7-26-17;19-9-4-10-11(6-26-14(10)25-5-9)15-27-7-12(20)16(30-15)29-13(2-1-3-24)17(31)28-8-18(21,22)23;18-9-5-10-11(7-25-14(10)24-6-9)15-23-4-2-13(28-15)27-12(1-3-22)16(29)26-8-17(19,20)21/h2-8,16H,9-10H2,1H3,(H,26,27)(H,28,32)(H,29,30,31);4-7,13H,1-2,8H2,(H,25,26)(H,28,31)(H,27,29,30);2,4-7,12H,1,8H2,(H,24,25)(H,26,29)(H,23,27,28)/t16-;13-;12-/m010/s1. The summed E-state index contributed by atoms with van der Waals surface area (Å²) < 4.78 is 126. The summed E-state index contributed by atoms with van der Waals surface area (Å²) in [4.78, 5) is 83.7. The molecule has 0 saturated carbocycles.